The fourth-order valence-electron chi connectivity index (χ4n) is 14.2. The van der Waals surface area contributed by atoms with Crippen molar-refractivity contribution >= 4 is 96.7 Å². The Bertz CT molecular complexity index is 4270. The van der Waals surface area contributed by atoms with E-state index < -0.39 is 64.0 Å². The van der Waals surface area contributed by atoms with Gasteiger partial charge in [0.15, 0.2) is 24.9 Å². The van der Waals surface area contributed by atoms with Crippen LogP contribution in [0.3, 0.4) is 0 Å². The summed E-state index contributed by atoms with van der Waals surface area (Å²) in [6, 6.07) is 5.79. The third kappa shape index (κ3) is 17.5. The fraction of sp³-hybridized carbons (Fsp3) is 0.583. The highest BCUT2D eigenvalue weighted by atomic mass is 32.2. The normalized spacial score (nSPS) is 21.9. The molecular formula is C72H95F2N15O10S4. The number of rotatable bonds is 20. The summed E-state index contributed by atoms with van der Waals surface area (Å²) in [5.74, 6) is -2.14. The van der Waals surface area contributed by atoms with Gasteiger partial charge in [-0.3, -0.25) is 28.8 Å². The lowest BCUT2D eigenvalue weighted by Crippen LogP contribution is -2.56. The van der Waals surface area contributed by atoms with Gasteiger partial charge < -0.3 is 56.4 Å². The molecule has 6 aromatic rings. The van der Waals surface area contributed by atoms with Crippen molar-refractivity contribution in [3.05, 3.63) is 85.6 Å². The molecular weight excluding hydrogens is 1400 g/mol. The molecule has 25 nitrogen and oxygen atoms in total. The van der Waals surface area contributed by atoms with Crippen molar-refractivity contribution in [1.29, 1.82) is 0 Å². The van der Waals surface area contributed by atoms with Crippen LogP contribution in [0.25, 0.3) is 31.3 Å². The zero-order chi connectivity index (χ0) is 74.3. The zero-order valence-electron chi connectivity index (χ0n) is 60.4. The second kappa shape index (κ2) is 31.5. The molecule has 103 heavy (non-hydrogen) atoms. The first-order valence-electron chi connectivity index (χ1n) is 35.7. The SMILES string of the molecule is Cc1cc(NC(C)C)ncc1-c1sc(C(=O)N2CC(S(C)(=O)=O)C2)nc1C(=O)N1CCC[C@@H]1C.Cc1cc(NC(C)C)ncc1-c1sc(C(=O)N[C@H](C)CO)nc1C(=O)N1CC(F)(F)C[C@@H]1C.Cc1cc(N[C@H](C)C2CC2)ncc1-c1sc(C(=O)N[C@H]2CCC[C@@H]2O)nc1C(=O)N1C2CCC1CC2. The van der Waals surface area contributed by atoms with E-state index in [0.29, 0.717) is 56.6 Å². The first kappa shape index (κ1) is 76.4. The number of hydrogen-bond acceptors (Lipinski definition) is 22. The average molecular weight is 1500 g/mol. The first-order valence-corrected chi connectivity index (χ1v) is 40.1. The number of anilines is 3. The lowest BCUT2D eigenvalue weighted by Gasteiger charge is -2.37. The summed E-state index contributed by atoms with van der Waals surface area (Å²) in [6.45, 7) is 21.3. The number of aromatic nitrogens is 6. The lowest BCUT2D eigenvalue weighted by molar-refractivity contribution is 0.0117. The van der Waals surface area contributed by atoms with Crippen LogP contribution in [0, 0.1) is 26.7 Å². The number of nitrogens with zero attached hydrogens (tertiary/aromatic N) is 10. The molecule has 7 aliphatic rings. The fourth-order valence-corrected chi connectivity index (χ4v) is 18.3. The Kier molecular flexibility index (Phi) is 23.4. The van der Waals surface area contributed by atoms with Gasteiger partial charge in [0.1, 0.15) is 34.5 Å². The van der Waals surface area contributed by atoms with E-state index in [-0.39, 0.29) is 106 Å². The van der Waals surface area contributed by atoms with E-state index in [0.717, 1.165) is 107 Å². The highest BCUT2D eigenvalue weighted by Gasteiger charge is 2.48. The van der Waals surface area contributed by atoms with Gasteiger partial charge in [-0.2, -0.15) is 0 Å². The Balaban J connectivity index is 0.000000155. The van der Waals surface area contributed by atoms with Gasteiger partial charge in [-0.05, 0) is 188 Å². The van der Waals surface area contributed by atoms with Crippen LogP contribution < -0.4 is 26.6 Å². The number of carbonyl (C=O) groups is 6. The van der Waals surface area contributed by atoms with Gasteiger partial charge in [-0.15, -0.1) is 34.0 Å². The van der Waals surface area contributed by atoms with Crippen LogP contribution in [0.4, 0.5) is 26.2 Å². The molecule has 6 amide bonds. The highest BCUT2D eigenvalue weighted by molar-refractivity contribution is 7.91. The smallest absolute Gasteiger partial charge is 0.282 e. The van der Waals surface area contributed by atoms with Crippen LogP contribution in [-0.4, -0.2) is 214 Å². The number of hydrogen-bond donors (Lipinski definition) is 7. The summed E-state index contributed by atoms with van der Waals surface area (Å²) in [5.41, 5.74) is 5.47. The topological polar surface area (TPSA) is 327 Å². The van der Waals surface area contributed by atoms with E-state index in [1.807, 2.05) is 89.6 Å². The molecule has 7 N–H and O–H groups in total. The van der Waals surface area contributed by atoms with Gasteiger partial charge in [0.05, 0.1) is 45.2 Å². The van der Waals surface area contributed by atoms with Crippen LogP contribution in [0.1, 0.15) is 210 Å². The Hall–Kier alpha value is -7.71. The Morgan fingerprint density at radius 1 is 0.612 bits per heavy atom. The molecule has 5 saturated heterocycles. The maximum absolute atomic E-state index is 14.0. The number of pyridine rings is 3. The Morgan fingerprint density at radius 3 is 1.51 bits per heavy atom. The molecule has 0 unspecified atom stereocenters. The molecule has 0 aromatic carbocycles. The predicted molar refractivity (Wildman–Crippen MR) is 395 cm³/mol. The molecule has 2 aliphatic carbocycles. The minimum absolute atomic E-state index is 0.0102. The molecule has 2 bridgehead atoms. The summed E-state index contributed by atoms with van der Waals surface area (Å²) in [6.07, 6.45) is 16.3. The van der Waals surface area contributed by atoms with Gasteiger partial charge in [0, 0.05) is 116 Å². The summed E-state index contributed by atoms with van der Waals surface area (Å²) in [4.78, 5) is 115. The molecule has 6 aromatic heterocycles. The average Bonchev–Trinajstić information content (AvgIpc) is 1.65. The number of fused-ring (bicyclic) bond motifs is 2. The minimum Gasteiger partial charge on any atom is -0.394 e. The molecule has 6 atom stereocenters. The summed E-state index contributed by atoms with van der Waals surface area (Å²) in [7, 11) is -3.20. The third-order valence-electron chi connectivity index (χ3n) is 20.2. The van der Waals surface area contributed by atoms with Crippen LogP contribution >= 0.6 is 34.0 Å². The van der Waals surface area contributed by atoms with Crippen LogP contribution in [0.15, 0.2) is 36.8 Å². The minimum atomic E-state index is -3.20. The van der Waals surface area contributed by atoms with E-state index in [9.17, 15) is 56.2 Å². The first-order chi connectivity index (χ1) is 48.7. The molecule has 0 spiro atoms. The van der Waals surface area contributed by atoms with Crippen molar-refractivity contribution in [3.63, 3.8) is 0 Å². The van der Waals surface area contributed by atoms with Crippen LogP contribution in [0.5, 0.6) is 0 Å². The Morgan fingerprint density at radius 2 is 1.09 bits per heavy atom. The monoisotopic (exact) mass is 1500 g/mol. The van der Waals surface area contributed by atoms with Gasteiger partial charge in [-0.25, -0.2) is 47.1 Å². The number of sulfone groups is 1. The number of carbonyl (C=O) groups excluding carboxylic acids is 6. The summed E-state index contributed by atoms with van der Waals surface area (Å²) >= 11 is 3.42. The molecule has 5 aliphatic heterocycles. The quantitative estimate of drug-likeness (QED) is 0.0373. The van der Waals surface area contributed by atoms with Crippen LogP contribution in [0.2, 0.25) is 0 Å². The van der Waals surface area contributed by atoms with Crippen molar-refractivity contribution in [1.82, 2.24) is 60.1 Å². The number of amides is 6. The van der Waals surface area contributed by atoms with Crippen LogP contribution in [-0.2, 0) is 9.84 Å². The van der Waals surface area contributed by atoms with E-state index >= 15 is 0 Å². The molecule has 31 heteroatoms. The van der Waals surface area contributed by atoms with Crippen molar-refractivity contribution in [2.45, 2.75) is 225 Å². The second-order valence-electron chi connectivity index (χ2n) is 29.4. The van der Waals surface area contributed by atoms with Crippen molar-refractivity contribution in [2.75, 3.05) is 55.0 Å². The van der Waals surface area contributed by atoms with E-state index in [1.54, 1.807) is 26.2 Å². The predicted octanol–water partition coefficient (Wildman–Crippen LogP) is 10.3. The molecule has 13 rings (SSSR count). The Labute approximate surface area is 612 Å². The van der Waals surface area contributed by atoms with E-state index in [4.69, 9.17) is 0 Å². The molecule has 7 fully saturated rings. The van der Waals surface area contributed by atoms with Gasteiger partial charge in [0.25, 0.3) is 41.4 Å². The number of alkyl halides is 2. The van der Waals surface area contributed by atoms with E-state index in [2.05, 4.69) is 63.4 Å². The largest absolute Gasteiger partial charge is 0.394 e. The number of thiazole rings is 3. The zero-order valence-corrected chi connectivity index (χ0v) is 63.7. The second-order valence-corrected chi connectivity index (χ2v) is 34.7. The van der Waals surface area contributed by atoms with Gasteiger partial charge in [-0.1, -0.05) is 0 Å². The molecule has 556 valence electrons. The van der Waals surface area contributed by atoms with Crippen molar-refractivity contribution in [3.8, 4) is 31.3 Å². The van der Waals surface area contributed by atoms with E-state index in [1.165, 1.54) is 46.7 Å². The standard InChI is InChI=1S/C27H35N5O3S.C23H31N5O4S2.C22H29F2N5O3S/c1-14-12-22(29-15(2)16-6-7-16)28-13-19(14)24-23(27(35)32-17-8-9-18(32)11-10-17)31-26(36-24)25(34)30-20-4-3-5-21(20)33;1-13(2)25-18-9-14(3)17(10-24-18)20-19(22(29)28-8-6-7-15(28)4)26-21(33-20)23(30)27-11-16(12-27)34(5,31)32;1-11(2)26-16-6-12(3)15(8-25-16)18-17(21(32)29-10-22(23,24)7-14(29)5)28-20(33-18)19(31)27-13(4)9-30/h12-13,15-18,20-21,33H,3-11H2,1-2H3,(H,28,29)(H,30,34);9-10,13,15-16H,6-8,11-12H2,1-5H3,(H,24,25);6,8,11,13-14,30H,7,9-10H2,1-5H3,(H,25,26)(H,27,31)/t15-,17?,18?,20+,21+;15-;13-,14+/m101/s1. The number of nitrogens with one attached hydrogen (secondary N) is 5. The molecule has 11 heterocycles. The third-order valence-corrected chi connectivity index (χ3v) is 24.9. The number of aryl methyl sites for hydroxylation is 3. The highest BCUT2D eigenvalue weighted by Crippen LogP contribution is 2.44. The van der Waals surface area contributed by atoms with Gasteiger partial charge >= 0.3 is 0 Å². The summed E-state index contributed by atoms with van der Waals surface area (Å²) < 4.78 is 51.4. The van der Waals surface area contributed by atoms with Crippen molar-refractivity contribution < 1.29 is 56.2 Å². The number of likely N-dealkylation sites (tertiary alicyclic amines) is 3. The van der Waals surface area contributed by atoms with Gasteiger partial charge in [0.2, 0.25) is 0 Å². The molecule has 0 radical (unpaired) electrons. The summed E-state index contributed by atoms with van der Waals surface area (Å²) in [5, 5.41) is 34.9. The lowest BCUT2D eigenvalue weighted by atomic mass is 10.0. The molecule has 2 saturated carbocycles. The maximum Gasteiger partial charge on any atom is 0.282 e. The maximum atomic E-state index is 14.0. The number of halogens is 2. The number of aliphatic hydroxyl groups is 2. The number of aliphatic hydroxyl groups excluding tert-OH is 2. The van der Waals surface area contributed by atoms with Crippen molar-refractivity contribution in [2.24, 2.45) is 5.92 Å².